The van der Waals surface area contributed by atoms with Gasteiger partial charge < -0.3 is 4.90 Å². The summed E-state index contributed by atoms with van der Waals surface area (Å²) < 4.78 is 0. The van der Waals surface area contributed by atoms with Gasteiger partial charge in [-0.15, -0.1) is 11.3 Å². The fraction of sp³-hybridized carbons (Fsp3) is 0.429. The van der Waals surface area contributed by atoms with E-state index in [4.69, 9.17) is 9.97 Å². The summed E-state index contributed by atoms with van der Waals surface area (Å²) in [5.41, 5.74) is 2.84. The Bertz CT molecular complexity index is 914. The molecule has 0 unspecified atom stereocenters. The highest BCUT2D eigenvalue weighted by atomic mass is 32.2. The quantitative estimate of drug-likeness (QED) is 0.657. The molecule has 2 aromatic heterocycles. The lowest BCUT2D eigenvalue weighted by Crippen LogP contribution is -2.33. The lowest BCUT2D eigenvalue weighted by molar-refractivity contribution is 0.699. The molecule has 1 aliphatic carbocycles. The molecule has 0 N–H and O–H groups in total. The SMILES string of the molecule is c1ccc(Cc2nc(N3CCSCC3)c3c4c(sc3n2)CCCC4)cc1. The molecular weight excluding hydrogens is 358 g/mol. The molecule has 0 radical (unpaired) electrons. The van der Waals surface area contributed by atoms with Gasteiger partial charge in [0.1, 0.15) is 16.5 Å². The smallest absolute Gasteiger partial charge is 0.141 e. The van der Waals surface area contributed by atoms with Crippen LogP contribution in [0, 0.1) is 0 Å². The molecule has 1 aromatic carbocycles. The second kappa shape index (κ2) is 7.20. The summed E-state index contributed by atoms with van der Waals surface area (Å²) in [6.45, 7) is 2.21. The second-order valence-electron chi connectivity index (χ2n) is 7.12. The van der Waals surface area contributed by atoms with E-state index in [9.17, 15) is 0 Å². The first-order valence-corrected chi connectivity index (χ1v) is 11.5. The van der Waals surface area contributed by atoms with E-state index in [-0.39, 0.29) is 0 Å². The minimum absolute atomic E-state index is 0.814. The zero-order valence-electron chi connectivity index (χ0n) is 14.9. The number of fused-ring (bicyclic) bond motifs is 3. The van der Waals surface area contributed by atoms with Gasteiger partial charge in [-0.3, -0.25) is 0 Å². The monoisotopic (exact) mass is 381 g/mol. The van der Waals surface area contributed by atoms with E-state index < -0.39 is 0 Å². The van der Waals surface area contributed by atoms with Gasteiger partial charge in [-0.05, 0) is 36.8 Å². The maximum atomic E-state index is 5.11. The molecule has 0 saturated carbocycles. The number of aryl methyl sites for hydroxylation is 2. The predicted octanol–water partition coefficient (Wildman–Crippen LogP) is 4.71. The molecule has 0 bridgehead atoms. The first-order chi connectivity index (χ1) is 12.9. The van der Waals surface area contributed by atoms with Crippen molar-refractivity contribution in [3.63, 3.8) is 0 Å². The number of aromatic nitrogens is 2. The van der Waals surface area contributed by atoms with Gasteiger partial charge in [-0.1, -0.05) is 30.3 Å². The van der Waals surface area contributed by atoms with Crippen molar-refractivity contribution in [1.82, 2.24) is 9.97 Å². The van der Waals surface area contributed by atoms with Gasteiger partial charge in [0.05, 0.1) is 5.39 Å². The van der Waals surface area contributed by atoms with E-state index in [0.717, 1.165) is 25.3 Å². The highest BCUT2D eigenvalue weighted by molar-refractivity contribution is 7.99. The summed E-state index contributed by atoms with van der Waals surface area (Å²) in [5, 5.41) is 1.37. The van der Waals surface area contributed by atoms with Crippen LogP contribution >= 0.6 is 23.1 Å². The molecule has 5 rings (SSSR count). The molecule has 134 valence electrons. The third kappa shape index (κ3) is 3.12. The van der Waals surface area contributed by atoms with Gasteiger partial charge in [0.15, 0.2) is 0 Å². The van der Waals surface area contributed by atoms with Crippen LogP contribution in [0.1, 0.15) is 34.7 Å². The average Bonchev–Trinajstić information content (AvgIpc) is 3.07. The minimum atomic E-state index is 0.814. The van der Waals surface area contributed by atoms with E-state index in [0.29, 0.717) is 0 Å². The Hall–Kier alpha value is -1.59. The molecule has 1 fully saturated rings. The fourth-order valence-electron chi connectivity index (χ4n) is 4.04. The van der Waals surface area contributed by atoms with E-state index in [1.807, 2.05) is 11.3 Å². The van der Waals surface area contributed by atoms with E-state index >= 15 is 0 Å². The van der Waals surface area contributed by atoms with E-state index in [2.05, 4.69) is 47.0 Å². The summed E-state index contributed by atoms with van der Waals surface area (Å²) in [4.78, 5) is 15.4. The van der Waals surface area contributed by atoms with Gasteiger partial charge in [0.25, 0.3) is 0 Å². The first kappa shape index (κ1) is 16.6. The molecule has 0 atom stereocenters. The largest absolute Gasteiger partial charge is 0.354 e. The molecule has 1 aliphatic heterocycles. The van der Waals surface area contributed by atoms with Crippen LogP contribution < -0.4 is 4.90 Å². The number of hydrogen-bond donors (Lipinski definition) is 0. The first-order valence-electron chi connectivity index (χ1n) is 9.56. The Balaban J connectivity index is 1.63. The highest BCUT2D eigenvalue weighted by Crippen LogP contribution is 2.40. The normalized spacial score (nSPS) is 17.5. The Morgan fingerprint density at radius 2 is 1.77 bits per heavy atom. The van der Waals surface area contributed by atoms with Crippen LogP contribution in [0.5, 0.6) is 0 Å². The van der Waals surface area contributed by atoms with Crippen molar-refractivity contribution in [2.45, 2.75) is 32.1 Å². The van der Waals surface area contributed by atoms with Gasteiger partial charge in [-0.2, -0.15) is 11.8 Å². The Labute approximate surface area is 162 Å². The van der Waals surface area contributed by atoms with Crippen molar-refractivity contribution in [3.05, 3.63) is 52.2 Å². The van der Waals surface area contributed by atoms with Crippen molar-refractivity contribution in [3.8, 4) is 0 Å². The molecule has 26 heavy (non-hydrogen) atoms. The fourth-order valence-corrected chi connectivity index (χ4v) is 6.22. The summed E-state index contributed by atoms with van der Waals surface area (Å²) in [5.74, 6) is 4.58. The zero-order chi connectivity index (χ0) is 17.3. The Morgan fingerprint density at radius 3 is 2.62 bits per heavy atom. The summed E-state index contributed by atoms with van der Waals surface area (Å²) in [6, 6.07) is 10.6. The highest BCUT2D eigenvalue weighted by Gasteiger charge is 2.24. The number of thiophene rings is 1. The number of hydrogen-bond acceptors (Lipinski definition) is 5. The number of benzene rings is 1. The zero-order valence-corrected chi connectivity index (χ0v) is 16.5. The Morgan fingerprint density at radius 1 is 0.962 bits per heavy atom. The Kier molecular flexibility index (Phi) is 4.59. The predicted molar refractivity (Wildman–Crippen MR) is 113 cm³/mol. The number of nitrogens with zero attached hydrogens (tertiary/aromatic N) is 3. The van der Waals surface area contributed by atoms with Gasteiger partial charge in [-0.25, -0.2) is 9.97 Å². The van der Waals surface area contributed by atoms with Crippen LogP contribution in [-0.4, -0.2) is 34.6 Å². The molecule has 0 spiro atoms. The maximum Gasteiger partial charge on any atom is 0.141 e. The van der Waals surface area contributed by atoms with Crippen molar-refractivity contribution in [2.24, 2.45) is 0 Å². The average molecular weight is 382 g/mol. The molecule has 0 amide bonds. The molecule has 3 nitrogen and oxygen atoms in total. The lowest BCUT2D eigenvalue weighted by Gasteiger charge is -2.28. The molecule has 5 heteroatoms. The van der Waals surface area contributed by atoms with Crippen LogP contribution in [0.15, 0.2) is 30.3 Å². The van der Waals surface area contributed by atoms with Crippen LogP contribution in [0.2, 0.25) is 0 Å². The molecular formula is C21H23N3S2. The molecule has 2 aliphatic rings. The van der Waals surface area contributed by atoms with Gasteiger partial charge in [0.2, 0.25) is 0 Å². The molecule has 1 saturated heterocycles. The standard InChI is InChI=1S/C21H23N3S2/c1-2-6-15(7-3-1)14-18-22-20(24-10-12-25-13-11-24)19-16-8-4-5-9-17(16)26-21(19)23-18/h1-3,6-7H,4-5,8-14H2. The van der Waals surface area contributed by atoms with Crippen LogP contribution in [0.25, 0.3) is 10.2 Å². The summed E-state index contributed by atoms with van der Waals surface area (Å²) >= 11 is 3.97. The van der Waals surface area contributed by atoms with Crippen LogP contribution in [-0.2, 0) is 19.3 Å². The van der Waals surface area contributed by atoms with Crippen LogP contribution in [0.3, 0.4) is 0 Å². The molecule has 3 aromatic rings. The van der Waals surface area contributed by atoms with Crippen molar-refractivity contribution in [2.75, 3.05) is 29.5 Å². The number of thioether (sulfide) groups is 1. The minimum Gasteiger partial charge on any atom is -0.354 e. The topological polar surface area (TPSA) is 29.0 Å². The van der Waals surface area contributed by atoms with Gasteiger partial charge >= 0.3 is 0 Å². The third-order valence-corrected chi connectivity index (χ3v) is 7.49. The summed E-state index contributed by atoms with van der Waals surface area (Å²) in [6.07, 6.45) is 5.86. The van der Waals surface area contributed by atoms with Crippen LogP contribution in [0.4, 0.5) is 5.82 Å². The van der Waals surface area contributed by atoms with Crippen molar-refractivity contribution in [1.29, 1.82) is 0 Å². The van der Waals surface area contributed by atoms with E-state index in [1.165, 1.54) is 58.8 Å². The maximum absolute atomic E-state index is 5.11. The number of rotatable bonds is 3. The van der Waals surface area contributed by atoms with Crippen molar-refractivity contribution >= 4 is 39.1 Å². The lowest BCUT2D eigenvalue weighted by atomic mass is 9.97. The third-order valence-electron chi connectivity index (χ3n) is 5.36. The summed E-state index contributed by atoms with van der Waals surface area (Å²) in [7, 11) is 0. The van der Waals surface area contributed by atoms with E-state index in [1.54, 1.807) is 10.4 Å². The van der Waals surface area contributed by atoms with Gasteiger partial charge in [0, 0.05) is 35.9 Å². The number of anilines is 1. The van der Waals surface area contributed by atoms with Crippen molar-refractivity contribution < 1.29 is 0 Å². The molecule has 3 heterocycles. The second-order valence-corrected chi connectivity index (χ2v) is 9.42.